The Morgan fingerprint density at radius 1 is 0.975 bits per heavy atom. The maximum Gasteiger partial charge on any atom is 1.00 e. The summed E-state index contributed by atoms with van der Waals surface area (Å²) < 4.78 is 46.4. The number of hydrogen-bond donors (Lipinski definition) is 2. The van der Waals surface area contributed by atoms with E-state index in [9.17, 15) is 27.9 Å². The number of nitrogen functional groups attached to an aromatic ring is 2. The monoisotopic (exact) mass is 777 g/mol. The Labute approximate surface area is 311 Å². The molecular formula is C21H25BrCl4F3KN4O4S2. The van der Waals surface area contributed by atoms with Gasteiger partial charge in [0.05, 0.1) is 29.7 Å². The summed E-state index contributed by atoms with van der Waals surface area (Å²) in [6.07, 6.45) is -0.806. The number of rotatable bonds is 6. The predicted molar refractivity (Wildman–Crippen MR) is 158 cm³/mol. The number of carbonyl (C=O) groups excluding carboxylic acids is 2. The predicted octanol–water partition coefficient (Wildman–Crippen LogP) is 3.98. The topological polar surface area (TPSA) is 144 Å². The minimum absolute atomic E-state index is 0. The van der Waals surface area contributed by atoms with E-state index in [0.29, 0.717) is 5.75 Å². The summed E-state index contributed by atoms with van der Waals surface area (Å²) in [5, 5.41) is 9.35. The van der Waals surface area contributed by atoms with Gasteiger partial charge in [0.25, 0.3) is 0 Å². The van der Waals surface area contributed by atoms with Crippen LogP contribution in [-0.2, 0) is 9.59 Å². The van der Waals surface area contributed by atoms with Crippen molar-refractivity contribution in [1.29, 1.82) is 0 Å². The van der Waals surface area contributed by atoms with E-state index in [1.54, 1.807) is 0 Å². The van der Waals surface area contributed by atoms with E-state index >= 15 is 0 Å². The van der Waals surface area contributed by atoms with Gasteiger partial charge in [-0.15, -0.1) is 0 Å². The third-order valence-electron chi connectivity index (χ3n) is 3.60. The average molecular weight is 780 g/mol. The second-order valence-corrected chi connectivity index (χ2v) is 11.8. The molecule has 2 atom stereocenters. The van der Waals surface area contributed by atoms with E-state index in [1.165, 1.54) is 18.7 Å². The molecule has 2 rings (SSSR count). The zero-order valence-corrected chi connectivity index (χ0v) is 31.2. The van der Waals surface area contributed by atoms with Gasteiger partial charge < -0.3 is 21.3 Å². The molecule has 4 N–H and O–H groups in total. The zero-order chi connectivity index (χ0) is 31.7. The molecule has 222 valence electrons. The second-order valence-electron chi connectivity index (χ2n) is 6.38. The molecule has 0 saturated heterocycles. The summed E-state index contributed by atoms with van der Waals surface area (Å²) >= 11 is 27.5. The third kappa shape index (κ3) is 15.9. The fourth-order valence-corrected chi connectivity index (χ4v) is 4.00. The zero-order valence-electron chi connectivity index (χ0n) is 22.8. The van der Waals surface area contributed by atoms with Crippen molar-refractivity contribution in [3.63, 3.8) is 0 Å². The maximum atomic E-state index is 13.3. The van der Waals surface area contributed by atoms with E-state index in [0.717, 1.165) is 17.5 Å². The van der Waals surface area contributed by atoms with Crippen molar-refractivity contribution in [3.8, 4) is 11.8 Å². The molecule has 2 aromatic rings. The van der Waals surface area contributed by atoms with Gasteiger partial charge in [0, 0.05) is 5.88 Å². The van der Waals surface area contributed by atoms with Crippen molar-refractivity contribution in [2.24, 2.45) is 0 Å². The Balaban J connectivity index is -0.000000537. The van der Waals surface area contributed by atoms with Crippen molar-refractivity contribution >= 4 is 107 Å². The summed E-state index contributed by atoms with van der Waals surface area (Å²) in [5.41, 5.74) is 10.2. The molecule has 8 nitrogen and oxygen atoms in total. The number of hydrogen-bond acceptors (Lipinski definition) is 10. The van der Waals surface area contributed by atoms with E-state index in [4.69, 9.17) is 64.0 Å². The van der Waals surface area contributed by atoms with Gasteiger partial charge in [-0.05, 0) is 25.4 Å². The summed E-state index contributed by atoms with van der Waals surface area (Å²) in [6.45, 7) is 7.16. The molecule has 19 heteroatoms. The molecule has 0 aromatic carbocycles. The quantitative estimate of drug-likeness (QED) is 0.251. The molecule has 2 heterocycles. The molecule has 2 unspecified atom stereocenters. The van der Waals surface area contributed by atoms with Crippen LogP contribution in [0.1, 0.15) is 29.1 Å². The summed E-state index contributed by atoms with van der Waals surface area (Å²) in [5.74, 6) is -1.76. The van der Waals surface area contributed by atoms with Crippen LogP contribution in [0.5, 0.6) is 11.8 Å². The molecule has 40 heavy (non-hydrogen) atoms. The van der Waals surface area contributed by atoms with Crippen LogP contribution >= 0.6 is 85.9 Å². The molecule has 0 spiro atoms. The van der Waals surface area contributed by atoms with Crippen molar-refractivity contribution in [2.75, 3.05) is 30.1 Å². The van der Waals surface area contributed by atoms with Crippen molar-refractivity contribution in [2.45, 2.75) is 38.6 Å². The van der Waals surface area contributed by atoms with Crippen LogP contribution in [0.25, 0.3) is 0 Å². The van der Waals surface area contributed by atoms with Crippen LogP contribution < -0.4 is 72.7 Å². The fraction of sp³-hybridized carbons (Fsp3) is 0.429. The molecule has 0 fully saturated rings. The van der Waals surface area contributed by atoms with Gasteiger partial charge in [0.15, 0.2) is 6.10 Å². The van der Waals surface area contributed by atoms with Gasteiger partial charge in [-0.25, -0.2) is 4.98 Å². The van der Waals surface area contributed by atoms with Crippen LogP contribution in [0.4, 0.5) is 24.5 Å². The molecule has 2 aromatic heterocycles. The molecule has 0 radical (unpaired) electrons. The van der Waals surface area contributed by atoms with Crippen molar-refractivity contribution in [3.05, 3.63) is 32.0 Å². The number of pyridine rings is 2. The van der Waals surface area contributed by atoms with Crippen LogP contribution in [0, 0.1) is 11.9 Å². The van der Waals surface area contributed by atoms with Gasteiger partial charge in [-0.2, -0.15) is 13.8 Å². The van der Waals surface area contributed by atoms with E-state index in [-0.39, 0.29) is 98.8 Å². The number of aromatic nitrogens is 2. The first-order chi connectivity index (χ1) is 18.5. The first-order valence-electron chi connectivity index (χ1n) is 11.0. The fourth-order valence-electron chi connectivity index (χ4n) is 1.83. The molecule has 0 aliphatic carbocycles. The van der Waals surface area contributed by atoms with E-state index in [1.807, 2.05) is 20.8 Å². The molecule has 0 saturated carbocycles. The minimum Gasteiger partial charge on any atom is -0.857 e. The molecule has 0 aliphatic heterocycles. The number of nitrogens with zero attached hydrogens (tertiary/aromatic N) is 2. The molecular weight excluding hydrogens is 754 g/mol. The number of nitrogens with two attached hydrogens (primary N) is 2. The van der Waals surface area contributed by atoms with Gasteiger partial charge in [-0.1, -0.05) is 99.7 Å². The van der Waals surface area contributed by atoms with Crippen molar-refractivity contribution in [1.82, 2.24) is 9.97 Å². The summed E-state index contributed by atoms with van der Waals surface area (Å²) in [7, 11) is -1.00. The van der Waals surface area contributed by atoms with E-state index < -0.39 is 36.1 Å². The standard InChI is InChI=1S/C10H11Cl2FN2O2S.C5H9BrOS.C5H3Cl2FN2O.CH3F.K/c1-3-18-10(16)4(2)17-9-6(12)7(14)5(11)8(13)15-9;1-3-8-5(7)4(2)6;6-1-3(9)2(7)5(11)10-4(1)8;1-2;/h4H,3H2,1-2H3,(H2,14,15);4H,3H2,1-2H3;(H3,9,10,11);1H3;/q;;;;+1/p-1/i;;;1D;. The number of alkyl halides is 2. The first-order valence-corrected chi connectivity index (χ1v) is 14.7. The Kier molecular flexibility index (Phi) is 25.6. The minimum atomic E-state index is -1.10. The maximum absolute atomic E-state index is 13.3. The molecule has 0 aliphatic rings. The van der Waals surface area contributed by atoms with E-state index in [2.05, 4.69) is 25.9 Å². The van der Waals surface area contributed by atoms with Gasteiger partial charge in [0.2, 0.25) is 28.0 Å². The molecule has 0 amide bonds. The number of carbonyl (C=O) groups is 2. The SMILES string of the molecule is CCSC(=O)C(C)Br.CCSC(=O)C(C)Oc1nc(F)c(Cl)c(N)c1Cl.Nc1c(Cl)c([O-])nc(F)c1Cl.[2H]CF.[K+]. The van der Waals surface area contributed by atoms with Crippen LogP contribution in [0.15, 0.2) is 0 Å². The van der Waals surface area contributed by atoms with Crippen LogP contribution in [0.3, 0.4) is 0 Å². The largest absolute Gasteiger partial charge is 1.00 e. The van der Waals surface area contributed by atoms with Crippen LogP contribution in [0.2, 0.25) is 20.1 Å². The Morgan fingerprint density at radius 3 is 1.77 bits per heavy atom. The third-order valence-corrected chi connectivity index (χ3v) is 7.60. The summed E-state index contributed by atoms with van der Waals surface area (Å²) in [4.78, 5) is 28.5. The average Bonchev–Trinajstić information content (AvgIpc) is 2.89. The summed E-state index contributed by atoms with van der Waals surface area (Å²) in [6, 6.07) is 0. The van der Waals surface area contributed by atoms with Crippen molar-refractivity contribution < 1.29 is 85.4 Å². The Hall–Kier alpha value is 0.606. The van der Waals surface area contributed by atoms with Gasteiger partial charge in [-0.3, -0.25) is 14.0 Å². The van der Waals surface area contributed by atoms with Crippen LogP contribution in [-0.4, -0.2) is 49.8 Å². The Bertz CT molecular complexity index is 1120. The number of ether oxygens (including phenoxy) is 1. The molecule has 0 bridgehead atoms. The smallest absolute Gasteiger partial charge is 0.857 e. The number of halogens is 8. The first kappa shape index (κ1) is 42.7. The second kappa shape index (κ2) is 24.0. The van der Waals surface area contributed by atoms with Gasteiger partial charge >= 0.3 is 51.4 Å². The number of anilines is 2. The number of thioether (sulfide) groups is 2. The van der Waals surface area contributed by atoms with Gasteiger partial charge in [0.1, 0.15) is 15.1 Å². The Morgan fingerprint density at radius 2 is 1.38 bits per heavy atom. The normalized spacial score (nSPS) is 11.4.